The molecule has 0 bridgehead atoms. The number of nitro groups is 1. The predicted octanol–water partition coefficient (Wildman–Crippen LogP) is 0.824. The molecule has 0 aromatic heterocycles. The van der Waals surface area contributed by atoms with Crippen LogP contribution in [-0.2, 0) is 14.8 Å². The zero-order valence-electron chi connectivity index (χ0n) is 14.0. The standard InChI is InChI=1S/C15H20FN3O6S/c16-15(3-5-18(6-4-15)11-8-24-9-11)10-25-14-2-1-12(26(17,22)23)7-13(14)19(20)21/h1-2,7,11H,3-6,8-10H2,(H2,17,22,23). The summed E-state index contributed by atoms with van der Waals surface area (Å²) >= 11 is 0. The lowest BCUT2D eigenvalue weighted by atomic mass is 9.93. The van der Waals surface area contributed by atoms with Crippen molar-refractivity contribution in [2.75, 3.05) is 32.9 Å². The van der Waals surface area contributed by atoms with Gasteiger partial charge < -0.3 is 9.47 Å². The van der Waals surface area contributed by atoms with Gasteiger partial charge in [0.15, 0.2) is 5.75 Å². The number of primary sulfonamides is 1. The zero-order chi connectivity index (χ0) is 18.9. The van der Waals surface area contributed by atoms with Crippen LogP contribution in [0.5, 0.6) is 5.75 Å². The van der Waals surface area contributed by atoms with Gasteiger partial charge in [-0.25, -0.2) is 17.9 Å². The first-order valence-electron chi connectivity index (χ1n) is 8.13. The molecule has 2 fully saturated rings. The van der Waals surface area contributed by atoms with Gasteiger partial charge in [0.25, 0.3) is 0 Å². The summed E-state index contributed by atoms with van der Waals surface area (Å²) in [5, 5.41) is 16.1. The molecule has 1 aromatic carbocycles. The Balaban J connectivity index is 1.66. The average molecular weight is 389 g/mol. The Labute approximate surface area is 150 Å². The van der Waals surface area contributed by atoms with E-state index in [4.69, 9.17) is 14.6 Å². The van der Waals surface area contributed by atoms with E-state index in [9.17, 15) is 22.9 Å². The van der Waals surface area contributed by atoms with Crippen molar-refractivity contribution in [2.45, 2.75) is 29.4 Å². The number of hydrogen-bond donors (Lipinski definition) is 1. The van der Waals surface area contributed by atoms with Crippen molar-refractivity contribution in [1.82, 2.24) is 4.90 Å². The Hall–Kier alpha value is -1.82. The minimum atomic E-state index is -4.08. The van der Waals surface area contributed by atoms with Crippen LogP contribution < -0.4 is 9.88 Å². The topological polar surface area (TPSA) is 125 Å². The van der Waals surface area contributed by atoms with E-state index in [2.05, 4.69) is 4.90 Å². The van der Waals surface area contributed by atoms with Crippen LogP contribution >= 0.6 is 0 Å². The van der Waals surface area contributed by atoms with E-state index in [1.807, 2.05) is 0 Å². The third-order valence-corrected chi connectivity index (χ3v) is 5.68. The highest BCUT2D eigenvalue weighted by Gasteiger charge is 2.39. The quantitative estimate of drug-likeness (QED) is 0.564. The molecule has 1 aromatic rings. The molecule has 0 amide bonds. The van der Waals surface area contributed by atoms with Gasteiger partial charge in [0.05, 0.1) is 29.1 Å². The highest BCUT2D eigenvalue weighted by atomic mass is 32.2. The second-order valence-electron chi connectivity index (χ2n) is 6.60. The number of hydrogen-bond acceptors (Lipinski definition) is 7. The molecule has 0 spiro atoms. The molecule has 11 heteroatoms. The maximum absolute atomic E-state index is 14.9. The van der Waals surface area contributed by atoms with E-state index in [0.717, 1.165) is 18.2 Å². The molecule has 3 rings (SSSR count). The molecule has 2 aliphatic heterocycles. The number of nitrogens with zero attached hydrogens (tertiary/aromatic N) is 2. The first-order chi connectivity index (χ1) is 12.2. The van der Waals surface area contributed by atoms with Gasteiger partial charge in [0, 0.05) is 19.2 Å². The summed E-state index contributed by atoms with van der Waals surface area (Å²) in [5.74, 6) is -0.186. The molecular formula is C15H20FN3O6S. The number of benzene rings is 1. The lowest BCUT2D eigenvalue weighted by Crippen LogP contribution is -2.55. The van der Waals surface area contributed by atoms with Crippen molar-refractivity contribution in [3.8, 4) is 5.75 Å². The molecule has 2 heterocycles. The minimum Gasteiger partial charge on any atom is -0.483 e. The van der Waals surface area contributed by atoms with Gasteiger partial charge in [-0.1, -0.05) is 0 Å². The Morgan fingerprint density at radius 2 is 2.04 bits per heavy atom. The summed E-state index contributed by atoms with van der Waals surface area (Å²) in [6, 6.07) is 3.38. The fourth-order valence-corrected chi connectivity index (χ4v) is 3.55. The van der Waals surface area contributed by atoms with Crippen LogP contribution in [0.1, 0.15) is 12.8 Å². The molecule has 2 saturated heterocycles. The van der Waals surface area contributed by atoms with Crippen molar-refractivity contribution in [3.63, 3.8) is 0 Å². The van der Waals surface area contributed by atoms with Crippen molar-refractivity contribution < 1.29 is 27.2 Å². The largest absolute Gasteiger partial charge is 0.483 e. The molecule has 0 saturated carbocycles. The molecule has 0 unspecified atom stereocenters. The second kappa shape index (κ2) is 7.06. The van der Waals surface area contributed by atoms with Crippen LogP contribution in [0.4, 0.5) is 10.1 Å². The normalized spacial score (nSPS) is 21.2. The summed E-state index contributed by atoms with van der Waals surface area (Å²) in [5.41, 5.74) is -2.16. The smallest absolute Gasteiger partial charge is 0.312 e. The molecule has 9 nitrogen and oxygen atoms in total. The third-order valence-electron chi connectivity index (χ3n) is 4.77. The lowest BCUT2D eigenvalue weighted by Gasteiger charge is -2.43. The number of nitrogens with two attached hydrogens (primary N) is 1. The Bertz CT molecular complexity index is 791. The number of likely N-dealkylation sites (tertiary alicyclic amines) is 1. The van der Waals surface area contributed by atoms with Crippen LogP contribution in [0.2, 0.25) is 0 Å². The fraction of sp³-hybridized carbons (Fsp3) is 0.600. The van der Waals surface area contributed by atoms with Crippen LogP contribution in [0.25, 0.3) is 0 Å². The molecule has 0 aliphatic carbocycles. The maximum Gasteiger partial charge on any atom is 0.312 e. The second-order valence-corrected chi connectivity index (χ2v) is 8.16. The highest BCUT2D eigenvalue weighted by Crippen LogP contribution is 2.33. The predicted molar refractivity (Wildman–Crippen MR) is 89.2 cm³/mol. The minimum absolute atomic E-state index is 0.186. The van der Waals surface area contributed by atoms with Crippen LogP contribution in [-0.4, -0.2) is 62.9 Å². The number of piperidine rings is 1. The van der Waals surface area contributed by atoms with E-state index in [1.165, 1.54) is 0 Å². The van der Waals surface area contributed by atoms with Crippen molar-refractivity contribution in [2.24, 2.45) is 5.14 Å². The Morgan fingerprint density at radius 1 is 1.38 bits per heavy atom. The molecule has 26 heavy (non-hydrogen) atoms. The number of halogens is 1. The van der Waals surface area contributed by atoms with Crippen molar-refractivity contribution in [1.29, 1.82) is 0 Å². The third kappa shape index (κ3) is 4.11. The van der Waals surface area contributed by atoms with Gasteiger partial charge in [-0.05, 0) is 25.0 Å². The summed E-state index contributed by atoms with van der Waals surface area (Å²) in [7, 11) is -4.08. The summed E-state index contributed by atoms with van der Waals surface area (Å²) < 4.78 is 48.1. The van der Waals surface area contributed by atoms with Gasteiger partial charge in [-0.15, -0.1) is 0 Å². The van der Waals surface area contributed by atoms with E-state index in [0.29, 0.717) is 32.3 Å². The number of ether oxygens (including phenoxy) is 2. The maximum atomic E-state index is 14.9. The summed E-state index contributed by atoms with van der Waals surface area (Å²) in [6.45, 7) is 2.13. The summed E-state index contributed by atoms with van der Waals surface area (Å²) in [6.07, 6.45) is 0.513. The fourth-order valence-electron chi connectivity index (χ4n) is 3.01. The summed E-state index contributed by atoms with van der Waals surface area (Å²) in [4.78, 5) is 12.2. The van der Waals surface area contributed by atoms with Gasteiger partial charge in [0.1, 0.15) is 12.3 Å². The molecule has 2 N–H and O–H groups in total. The first-order valence-corrected chi connectivity index (χ1v) is 9.67. The van der Waals surface area contributed by atoms with Crippen molar-refractivity contribution >= 4 is 15.7 Å². The number of nitro benzene ring substituents is 1. The van der Waals surface area contributed by atoms with Crippen molar-refractivity contribution in [3.05, 3.63) is 28.3 Å². The monoisotopic (exact) mass is 389 g/mol. The van der Waals surface area contributed by atoms with Crippen LogP contribution in [0.15, 0.2) is 23.1 Å². The van der Waals surface area contributed by atoms with Gasteiger partial charge in [-0.3, -0.25) is 15.0 Å². The lowest BCUT2D eigenvalue weighted by molar-refractivity contribution is -0.386. The van der Waals surface area contributed by atoms with Crippen LogP contribution in [0.3, 0.4) is 0 Å². The molecule has 2 aliphatic rings. The number of rotatable bonds is 6. The number of sulfonamides is 1. The molecular weight excluding hydrogens is 369 g/mol. The molecule has 0 atom stereocenters. The van der Waals surface area contributed by atoms with Gasteiger partial charge in [0.2, 0.25) is 10.0 Å². The van der Waals surface area contributed by atoms with Gasteiger partial charge in [-0.2, -0.15) is 0 Å². The van der Waals surface area contributed by atoms with Gasteiger partial charge >= 0.3 is 5.69 Å². The highest BCUT2D eigenvalue weighted by molar-refractivity contribution is 7.89. The van der Waals surface area contributed by atoms with E-state index < -0.39 is 31.2 Å². The zero-order valence-corrected chi connectivity index (χ0v) is 14.8. The molecule has 0 radical (unpaired) electrons. The average Bonchev–Trinajstić information content (AvgIpc) is 2.52. The van der Waals surface area contributed by atoms with E-state index in [1.54, 1.807) is 0 Å². The Kier molecular flexibility index (Phi) is 5.15. The van der Waals surface area contributed by atoms with E-state index >= 15 is 0 Å². The van der Waals surface area contributed by atoms with Crippen LogP contribution in [0, 0.1) is 10.1 Å². The Morgan fingerprint density at radius 3 is 2.54 bits per heavy atom. The number of alkyl halides is 1. The molecule has 144 valence electrons. The SMILES string of the molecule is NS(=O)(=O)c1ccc(OCC2(F)CCN(C3COC3)CC2)c([N+](=O)[O-])c1. The first kappa shape index (κ1) is 19.0. The van der Waals surface area contributed by atoms with E-state index in [-0.39, 0.29) is 25.2 Å².